The van der Waals surface area contributed by atoms with Gasteiger partial charge >= 0.3 is 11.9 Å². The van der Waals surface area contributed by atoms with E-state index in [1.165, 1.54) is 5.56 Å². The van der Waals surface area contributed by atoms with Gasteiger partial charge in [-0.05, 0) is 46.1 Å². The van der Waals surface area contributed by atoms with Crippen molar-refractivity contribution in [2.75, 3.05) is 13.2 Å². The molecule has 0 amide bonds. The summed E-state index contributed by atoms with van der Waals surface area (Å²) in [6, 6.07) is 10.3. The van der Waals surface area contributed by atoms with E-state index >= 15 is 0 Å². The minimum atomic E-state index is -1.82. The van der Waals surface area contributed by atoms with Crippen LogP contribution in [0.25, 0.3) is 0 Å². The third kappa shape index (κ3) is 15.5. The van der Waals surface area contributed by atoms with Crippen LogP contribution in [0.2, 0.25) is 0 Å². The molecule has 0 bridgehead atoms. The molecule has 27 heavy (non-hydrogen) atoms. The average molecular weight is 382 g/mol. The van der Waals surface area contributed by atoms with Crippen molar-refractivity contribution < 1.29 is 29.7 Å². The molecule has 0 spiro atoms. The van der Waals surface area contributed by atoms with Gasteiger partial charge in [0.05, 0.1) is 5.71 Å². The first-order valence-electron chi connectivity index (χ1n) is 8.60. The summed E-state index contributed by atoms with van der Waals surface area (Å²) in [4.78, 5) is 23.4. The smallest absolute Gasteiger partial charge is 0.414 e. The highest BCUT2D eigenvalue weighted by Gasteiger charge is 2.12. The van der Waals surface area contributed by atoms with Gasteiger partial charge in [-0.15, -0.1) is 0 Å². The third-order valence-electron chi connectivity index (χ3n) is 3.16. The summed E-state index contributed by atoms with van der Waals surface area (Å²) in [5.41, 5.74) is 2.23. The maximum absolute atomic E-state index is 9.78. The monoisotopic (exact) mass is 382 g/mol. The Bertz CT molecular complexity index is 584. The van der Waals surface area contributed by atoms with Gasteiger partial charge in [0.2, 0.25) is 0 Å². The molecule has 0 aromatic heterocycles. The van der Waals surface area contributed by atoms with Crippen molar-refractivity contribution >= 4 is 17.7 Å². The Morgan fingerprint density at radius 2 is 1.70 bits per heavy atom. The molecule has 1 rings (SSSR count). The topological polar surface area (TPSA) is 128 Å². The summed E-state index contributed by atoms with van der Waals surface area (Å²) >= 11 is 0. The summed E-state index contributed by atoms with van der Waals surface area (Å²) in [5, 5.41) is 31.8. The SMILES string of the molecule is C/C(CCc1ccccc1)=N/OCC(O)CNC(C)(C)C.O=C(O)C(=O)O. The van der Waals surface area contributed by atoms with Crippen LogP contribution in [0.15, 0.2) is 35.5 Å². The number of carboxylic acids is 2. The lowest BCUT2D eigenvalue weighted by Gasteiger charge is -2.22. The van der Waals surface area contributed by atoms with Crippen LogP contribution in [0, 0.1) is 0 Å². The maximum Gasteiger partial charge on any atom is 0.414 e. The van der Waals surface area contributed by atoms with E-state index in [4.69, 9.17) is 24.6 Å². The number of aliphatic hydroxyl groups excluding tert-OH is 1. The normalized spacial score (nSPS) is 12.6. The highest BCUT2D eigenvalue weighted by Crippen LogP contribution is 2.04. The molecule has 0 aliphatic rings. The Labute approximate surface area is 159 Å². The van der Waals surface area contributed by atoms with Crippen LogP contribution in [-0.2, 0) is 20.8 Å². The number of hydrogen-bond donors (Lipinski definition) is 4. The van der Waals surface area contributed by atoms with Crippen molar-refractivity contribution in [2.24, 2.45) is 5.16 Å². The van der Waals surface area contributed by atoms with Gasteiger partial charge in [0.25, 0.3) is 0 Å². The van der Waals surface area contributed by atoms with Gasteiger partial charge in [-0.2, -0.15) is 0 Å². The van der Waals surface area contributed by atoms with Gasteiger partial charge in [-0.25, -0.2) is 9.59 Å². The fraction of sp³-hybridized carbons (Fsp3) is 0.526. The zero-order valence-corrected chi connectivity index (χ0v) is 16.3. The molecule has 1 aromatic rings. The highest BCUT2D eigenvalue weighted by molar-refractivity contribution is 6.27. The van der Waals surface area contributed by atoms with E-state index in [0.29, 0.717) is 6.54 Å². The minimum Gasteiger partial charge on any atom is -0.473 e. The van der Waals surface area contributed by atoms with E-state index in [2.05, 4.69) is 43.4 Å². The number of nitrogens with one attached hydrogen (secondary N) is 1. The van der Waals surface area contributed by atoms with Crippen LogP contribution in [-0.4, -0.2) is 57.8 Å². The second-order valence-electron chi connectivity index (χ2n) is 7.00. The van der Waals surface area contributed by atoms with Crippen LogP contribution in [0.1, 0.15) is 39.7 Å². The standard InChI is InChI=1S/C17H28N2O2.C2H2O4/c1-14(10-11-15-8-6-5-7-9-15)19-21-13-16(20)12-18-17(2,3)4;3-1(4)2(5)6/h5-9,16,18,20H,10-13H2,1-4H3;(H,3,4)(H,5,6)/b19-14-;. The number of hydrogen-bond acceptors (Lipinski definition) is 6. The van der Waals surface area contributed by atoms with Crippen molar-refractivity contribution in [2.45, 2.75) is 52.2 Å². The number of aryl methyl sites for hydroxylation is 1. The molecule has 0 aliphatic carbocycles. The molecule has 0 heterocycles. The highest BCUT2D eigenvalue weighted by atomic mass is 16.6. The first-order chi connectivity index (χ1) is 12.5. The van der Waals surface area contributed by atoms with Gasteiger partial charge in [0.1, 0.15) is 12.7 Å². The first-order valence-corrected chi connectivity index (χ1v) is 8.60. The Kier molecular flexibility index (Phi) is 11.7. The minimum absolute atomic E-state index is 0.00412. The molecule has 0 fully saturated rings. The van der Waals surface area contributed by atoms with Crippen molar-refractivity contribution in [3.05, 3.63) is 35.9 Å². The van der Waals surface area contributed by atoms with Crippen LogP contribution in [0.4, 0.5) is 0 Å². The van der Waals surface area contributed by atoms with Gasteiger partial charge in [0, 0.05) is 12.1 Å². The molecular formula is C19H30N2O6. The Morgan fingerprint density at radius 3 is 2.19 bits per heavy atom. The van der Waals surface area contributed by atoms with Gasteiger partial charge < -0.3 is 25.5 Å². The Hall–Kier alpha value is -2.45. The van der Waals surface area contributed by atoms with E-state index in [1.807, 2.05) is 25.1 Å². The van der Waals surface area contributed by atoms with Gasteiger partial charge in [-0.1, -0.05) is 35.5 Å². The molecule has 0 saturated carbocycles. The molecular weight excluding hydrogens is 352 g/mol. The lowest BCUT2D eigenvalue weighted by Crippen LogP contribution is -2.42. The molecule has 152 valence electrons. The van der Waals surface area contributed by atoms with Crippen molar-refractivity contribution in [3.63, 3.8) is 0 Å². The summed E-state index contributed by atoms with van der Waals surface area (Å²) in [5.74, 6) is -3.65. The molecule has 0 aliphatic heterocycles. The zero-order chi connectivity index (χ0) is 20.9. The molecule has 1 aromatic carbocycles. The lowest BCUT2D eigenvalue weighted by molar-refractivity contribution is -0.159. The lowest BCUT2D eigenvalue weighted by atomic mass is 10.1. The molecule has 1 unspecified atom stereocenters. The number of β-amino-alcohol motifs (C(OH)–C–C–N with tert-alkyl or cyclic N) is 1. The average Bonchev–Trinajstić information content (AvgIpc) is 2.59. The number of nitrogens with zero attached hydrogens (tertiary/aromatic N) is 1. The number of carbonyl (C=O) groups is 2. The number of carboxylic acid groups (broad SMARTS) is 2. The molecule has 0 radical (unpaired) electrons. The van der Waals surface area contributed by atoms with Crippen molar-refractivity contribution in [3.8, 4) is 0 Å². The Morgan fingerprint density at radius 1 is 1.15 bits per heavy atom. The second kappa shape index (κ2) is 12.8. The number of oxime groups is 1. The number of rotatable bonds is 8. The van der Waals surface area contributed by atoms with Crippen LogP contribution in [0.3, 0.4) is 0 Å². The first kappa shape index (κ1) is 24.6. The molecule has 4 N–H and O–H groups in total. The number of benzene rings is 1. The van der Waals surface area contributed by atoms with E-state index < -0.39 is 18.0 Å². The van der Waals surface area contributed by atoms with Crippen LogP contribution >= 0.6 is 0 Å². The summed E-state index contributed by atoms with van der Waals surface area (Å²) < 4.78 is 0. The number of aliphatic carboxylic acids is 2. The molecule has 8 nitrogen and oxygen atoms in total. The fourth-order valence-electron chi connectivity index (χ4n) is 1.73. The van der Waals surface area contributed by atoms with Gasteiger partial charge in [0.15, 0.2) is 0 Å². The summed E-state index contributed by atoms with van der Waals surface area (Å²) in [6.07, 6.45) is 1.27. The molecule has 8 heteroatoms. The van der Waals surface area contributed by atoms with E-state index in [1.54, 1.807) is 0 Å². The summed E-state index contributed by atoms with van der Waals surface area (Å²) in [7, 11) is 0. The van der Waals surface area contributed by atoms with Crippen LogP contribution in [0.5, 0.6) is 0 Å². The van der Waals surface area contributed by atoms with Crippen molar-refractivity contribution in [1.29, 1.82) is 0 Å². The largest absolute Gasteiger partial charge is 0.473 e. The molecule has 1 atom stereocenters. The van der Waals surface area contributed by atoms with E-state index in [9.17, 15) is 5.11 Å². The summed E-state index contributed by atoms with van der Waals surface area (Å²) in [6.45, 7) is 8.85. The second-order valence-corrected chi connectivity index (χ2v) is 7.00. The van der Waals surface area contributed by atoms with Gasteiger partial charge in [-0.3, -0.25) is 0 Å². The predicted octanol–water partition coefficient (Wildman–Crippen LogP) is 1.92. The predicted molar refractivity (Wildman–Crippen MR) is 103 cm³/mol. The van der Waals surface area contributed by atoms with Crippen LogP contribution < -0.4 is 5.32 Å². The molecule has 0 saturated heterocycles. The van der Waals surface area contributed by atoms with E-state index in [0.717, 1.165) is 18.6 Å². The quantitative estimate of drug-likeness (QED) is 0.307. The van der Waals surface area contributed by atoms with E-state index in [-0.39, 0.29) is 12.1 Å². The Balaban J connectivity index is 0.000000972. The third-order valence-corrected chi connectivity index (χ3v) is 3.16. The maximum atomic E-state index is 9.78. The van der Waals surface area contributed by atoms with Crippen molar-refractivity contribution in [1.82, 2.24) is 5.32 Å². The zero-order valence-electron chi connectivity index (χ0n) is 16.3. The fourth-order valence-corrected chi connectivity index (χ4v) is 1.73. The number of aliphatic hydroxyl groups is 1.